The monoisotopic (exact) mass is 556 g/mol. The molecule has 4 rings (SSSR count). The fourth-order valence-electron chi connectivity index (χ4n) is 4.35. The summed E-state index contributed by atoms with van der Waals surface area (Å²) in [5.74, 6) is -0.734. The Hall–Kier alpha value is -3.28. The normalized spacial score (nSPS) is 18.8. The molecule has 210 valence electrons. The molecule has 1 saturated heterocycles. The van der Waals surface area contributed by atoms with Gasteiger partial charge in [-0.05, 0) is 56.9 Å². The number of aliphatic hydroxyl groups is 1. The number of aliphatic hydroxyl groups excluding tert-OH is 1. The average Bonchev–Trinajstić information content (AvgIpc) is 3.29. The van der Waals surface area contributed by atoms with Crippen LogP contribution in [0.5, 0.6) is 5.75 Å². The molecule has 2 aromatic carbocycles. The Morgan fingerprint density at radius 3 is 2.62 bits per heavy atom. The molecule has 2 heterocycles. The number of ether oxygens (including phenoxy) is 2. The summed E-state index contributed by atoms with van der Waals surface area (Å²) in [5.41, 5.74) is 0.631. The molecule has 3 amide bonds. The number of amides is 3. The lowest BCUT2D eigenvalue weighted by molar-refractivity contribution is -0.136. The van der Waals surface area contributed by atoms with E-state index in [-0.39, 0.29) is 12.5 Å². The first kappa shape index (κ1) is 28.7. The van der Waals surface area contributed by atoms with Gasteiger partial charge in [-0.15, -0.1) is 0 Å². The predicted octanol–water partition coefficient (Wildman–Crippen LogP) is 2.92. The van der Waals surface area contributed by atoms with Crippen molar-refractivity contribution in [2.24, 2.45) is 5.92 Å². The van der Waals surface area contributed by atoms with Gasteiger partial charge in [0.2, 0.25) is 11.8 Å². The van der Waals surface area contributed by atoms with Crippen LogP contribution in [0.4, 0.5) is 11.4 Å². The first-order valence-corrected chi connectivity index (χ1v) is 13.9. The van der Waals surface area contributed by atoms with Crippen LogP contribution in [-0.2, 0) is 19.1 Å². The molecule has 0 bridgehead atoms. The molecular weight excluding hydrogens is 520 g/mol. The van der Waals surface area contributed by atoms with Crippen LogP contribution >= 0.6 is 11.8 Å². The summed E-state index contributed by atoms with van der Waals surface area (Å²) >= 11 is 1.66. The smallest absolute Gasteiger partial charge is 0.264 e. The molecule has 11 heteroatoms. The number of rotatable bonds is 10. The zero-order valence-corrected chi connectivity index (χ0v) is 23.4. The number of nitrogens with one attached hydrogen (secondary N) is 4. The lowest BCUT2D eigenvalue weighted by Gasteiger charge is -2.27. The van der Waals surface area contributed by atoms with Gasteiger partial charge in [0.15, 0.2) is 11.9 Å². The molecular formula is C28H36N4O6S. The molecule has 2 aliphatic rings. The number of hydrogen-bond donors (Lipinski definition) is 5. The van der Waals surface area contributed by atoms with E-state index in [1.165, 1.54) is 0 Å². The third-order valence-corrected chi connectivity index (χ3v) is 7.56. The first-order chi connectivity index (χ1) is 18.5. The van der Waals surface area contributed by atoms with Crippen molar-refractivity contribution >= 4 is 40.9 Å². The first-order valence-electron chi connectivity index (χ1n) is 13.1. The minimum absolute atomic E-state index is 0.130. The van der Waals surface area contributed by atoms with Gasteiger partial charge in [0, 0.05) is 15.9 Å². The second kappa shape index (κ2) is 12.3. The Labute approximate surface area is 232 Å². The van der Waals surface area contributed by atoms with Crippen molar-refractivity contribution in [3.63, 3.8) is 0 Å². The molecule has 0 aliphatic carbocycles. The molecule has 2 aliphatic heterocycles. The van der Waals surface area contributed by atoms with Gasteiger partial charge in [-0.2, -0.15) is 0 Å². The van der Waals surface area contributed by atoms with Crippen molar-refractivity contribution < 1.29 is 29.0 Å². The lowest BCUT2D eigenvalue weighted by Crippen LogP contribution is -2.54. The lowest BCUT2D eigenvalue weighted by atomic mass is 10.0. The zero-order valence-electron chi connectivity index (χ0n) is 22.6. The molecule has 2 aromatic rings. The van der Waals surface area contributed by atoms with Gasteiger partial charge in [-0.1, -0.05) is 37.7 Å². The number of carbonyl (C=O) groups is 3. The second-order valence-corrected chi connectivity index (χ2v) is 11.7. The summed E-state index contributed by atoms with van der Waals surface area (Å²) in [6.07, 6.45) is -0.169. The van der Waals surface area contributed by atoms with Gasteiger partial charge in [-0.3, -0.25) is 14.4 Å². The van der Waals surface area contributed by atoms with Crippen molar-refractivity contribution in [2.75, 3.05) is 18.5 Å². The van der Waals surface area contributed by atoms with Crippen molar-refractivity contribution in [2.45, 2.75) is 74.3 Å². The molecule has 10 nitrogen and oxygen atoms in total. The van der Waals surface area contributed by atoms with E-state index in [4.69, 9.17) is 9.47 Å². The van der Waals surface area contributed by atoms with Gasteiger partial charge in [0.25, 0.3) is 5.91 Å². The maximum atomic E-state index is 12.9. The summed E-state index contributed by atoms with van der Waals surface area (Å²) < 4.78 is 11.1. The van der Waals surface area contributed by atoms with Gasteiger partial charge in [-0.25, -0.2) is 0 Å². The zero-order chi connectivity index (χ0) is 28.2. The van der Waals surface area contributed by atoms with Crippen LogP contribution in [0.15, 0.2) is 52.3 Å². The predicted molar refractivity (Wildman–Crippen MR) is 148 cm³/mol. The van der Waals surface area contributed by atoms with Crippen LogP contribution in [0, 0.1) is 5.92 Å². The van der Waals surface area contributed by atoms with Gasteiger partial charge < -0.3 is 35.8 Å². The van der Waals surface area contributed by atoms with E-state index in [1.54, 1.807) is 25.6 Å². The molecule has 0 spiro atoms. The maximum absolute atomic E-state index is 12.9. The highest BCUT2D eigenvalue weighted by Crippen LogP contribution is 2.45. The molecule has 39 heavy (non-hydrogen) atoms. The van der Waals surface area contributed by atoms with E-state index >= 15 is 0 Å². The summed E-state index contributed by atoms with van der Waals surface area (Å²) in [6.45, 7) is 7.17. The van der Waals surface area contributed by atoms with Gasteiger partial charge >= 0.3 is 0 Å². The van der Waals surface area contributed by atoms with Crippen LogP contribution in [0.25, 0.3) is 0 Å². The summed E-state index contributed by atoms with van der Waals surface area (Å²) in [4.78, 5) is 40.6. The molecule has 0 radical (unpaired) electrons. The highest BCUT2D eigenvalue weighted by Gasteiger charge is 2.33. The minimum Gasteiger partial charge on any atom is -0.478 e. The van der Waals surface area contributed by atoms with Gasteiger partial charge in [0.05, 0.1) is 30.6 Å². The number of carbonyl (C=O) groups excluding carboxylic acids is 3. The number of para-hydroxylation sites is 1. The topological polar surface area (TPSA) is 138 Å². The SMILES string of the molecule is CC(C)C[C@H](NC(=O)CNC(=O)C(C)(C)Oc1ccc2c(c1)Nc1ccccc1S2)C(=O)N[C@H]1CCOC1O. The van der Waals surface area contributed by atoms with Crippen LogP contribution in [0.3, 0.4) is 0 Å². The Morgan fingerprint density at radius 2 is 1.90 bits per heavy atom. The molecule has 3 atom stereocenters. The largest absolute Gasteiger partial charge is 0.478 e. The summed E-state index contributed by atoms with van der Waals surface area (Å²) in [6, 6.07) is 12.3. The second-order valence-electron chi connectivity index (χ2n) is 10.6. The van der Waals surface area contributed by atoms with Crippen molar-refractivity contribution in [1.82, 2.24) is 16.0 Å². The Kier molecular flexibility index (Phi) is 9.04. The molecule has 1 unspecified atom stereocenters. The van der Waals surface area contributed by atoms with Crippen molar-refractivity contribution in [3.8, 4) is 5.75 Å². The van der Waals surface area contributed by atoms with E-state index in [0.717, 1.165) is 21.2 Å². The molecule has 0 aromatic heterocycles. The van der Waals surface area contributed by atoms with Gasteiger partial charge in [0.1, 0.15) is 11.8 Å². The van der Waals surface area contributed by atoms with E-state index in [1.807, 2.05) is 50.2 Å². The van der Waals surface area contributed by atoms with Crippen LogP contribution in [0.1, 0.15) is 40.5 Å². The van der Waals surface area contributed by atoms with E-state index in [2.05, 4.69) is 27.3 Å². The molecule has 5 N–H and O–H groups in total. The summed E-state index contributed by atoms with van der Waals surface area (Å²) in [5, 5.41) is 21.3. The quantitative estimate of drug-likeness (QED) is 0.257. The van der Waals surface area contributed by atoms with Crippen LogP contribution in [-0.4, -0.2) is 60.0 Å². The minimum atomic E-state index is -1.26. The highest BCUT2D eigenvalue weighted by molar-refractivity contribution is 7.99. The fraction of sp³-hybridized carbons (Fsp3) is 0.464. The number of benzene rings is 2. The fourth-order valence-corrected chi connectivity index (χ4v) is 5.31. The molecule has 0 saturated carbocycles. The molecule has 1 fully saturated rings. The third-order valence-electron chi connectivity index (χ3n) is 6.40. The summed E-state index contributed by atoms with van der Waals surface area (Å²) in [7, 11) is 0. The van der Waals surface area contributed by atoms with Crippen LogP contribution < -0.4 is 26.0 Å². The standard InChI is InChI=1S/C28H36N4O6S/c1-16(2)13-21(25(34)32-19-11-12-37-26(19)35)31-24(33)15-29-27(36)28(3,4)38-17-9-10-23-20(14-17)30-18-7-5-6-8-22(18)39-23/h5-10,14,16,19,21,26,30,35H,11-13,15H2,1-4H3,(H,29,36)(H,31,33)(H,32,34)/t19-,21-,26?/m0/s1. The van der Waals surface area contributed by atoms with Crippen LogP contribution in [0.2, 0.25) is 0 Å². The van der Waals surface area contributed by atoms with E-state index in [0.29, 0.717) is 25.2 Å². The number of hydrogen-bond acceptors (Lipinski definition) is 8. The Balaban J connectivity index is 1.30. The average molecular weight is 557 g/mol. The Bertz CT molecular complexity index is 1220. The number of fused-ring (bicyclic) bond motifs is 2. The Morgan fingerprint density at radius 1 is 1.15 bits per heavy atom. The van der Waals surface area contributed by atoms with E-state index in [9.17, 15) is 19.5 Å². The van der Waals surface area contributed by atoms with Crippen molar-refractivity contribution in [1.29, 1.82) is 0 Å². The number of anilines is 2. The van der Waals surface area contributed by atoms with E-state index < -0.39 is 41.7 Å². The highest BCUT2D eigenvalue weighted by atomic mass is 32.2. The maximum Gasteiger partial charge on any atom is 0.264 e. The van der Waals surface area contributed by atoms with Crippen molar-refractivity contribution in [3.05, 3.63) is 42.5 Å². The third kappa shape index (κ3) is 7.43.